The maximum Gasteiger partial charge on any atom is 0.308 e. The van der Waals surface area contributed by atoms with Crippen molar-refractivity contribution in [2.75, 3.05) is 0 Å². The summed E-state index contributed by atoms with van der Waals surface area (Å²) in [5.41, 5.74) is -0.991. The lowest BCUT2D eigenvalue weighted by Gasteiger charge is -2.39. The fourth-order valence-corrected chi connectivity index (χ4v) is 8.09. The Kier molecular flexibility index (Phi) is 11.0. The average molecular weight is 779 g/mol. The Morgan fingerprint density at radius 2 is 1.58 bits per heavy atom. The minimum Gasteiger partial charge on any atom is -0.507 e. The maximum atomic E-state index is 14.8. The van der Waals surface area contributed by atoms with E-state index in [1.807, 2.05) is 6.07 Å². The van der Waals surface area contributed by atoms with Crippen molar-refractivity contribution < 1.29 is 64.0 Å². The van der Waals surface area contributed by atoms with E-state index >= 15 is 0 Å². The Hall–Kier alpha value is -5.54. The summed E-state index contributed by atoms with van der Waals surface area (Å²) in [5.74, 6) is -3.46. The lowest BCUT2D eigenvalue weighted by atomic mass is 9.77. The van der Waals surface area contributed by atoms with E-state index in [-0.39, 0.29) is 56.9 Å². The molecule has 4 aromatic rings. The summed E-state index contributed by atoms with van der Waals surface area (Å²) in [6.45, 7) is 1.86. The van der Waals surface area contributed by atoms with Crippen molar-refractivity contribution >= 4 is 36.0 Å². The van der Waals surface area contributed by atoms with Crippen LogP contribution in [0.25, 0.3) is 12.2 Å². The third-order valence-electron chi connectivity index (χ3n) is 11.0. The van der Waals surface area contributed by atoms with E-state index in [2.05, 4.69) is 0 Å². The summed E-state index contributed by atoms with van der Waals surface area (Å²) < 4.78 is 17.3. The molecule has 2 aliphatic carbocycles. The first-order valence-corrected chi connectivity index (χ1v) is 18.6. The molecule has 57 heavy (non-hydrogen) atoms. The molecule has 1 saturated heterocycles. The van der Waals surface area contributed by atoms with Crippen LogP contribution in [0.3, 0.4) is 0 Å². The van der Waals surface area contributed by atoms with Crippen LogP contribution in [0.4, 0.5) is 0 Å². The number of hydrogen-bond acceptors (Lipinski definition) is 13. The molecule has 1 aliphatic heterocycles. The highest BCUT2D eigenvalue weighted by atomic mass is 16.7. The Labute approximate surface area is 327 Å². The van der Waals surface area contributed by atoms with Crippen LogP contribution in [-0.2, 0) is 28.2 Å². The third-order valence-corrected chi connectivity index (χ3v) is 11.0. The SMILES string of the molecule is CC(=O)Oc1cc(CO)c2c(c1C=Cc1ccccc1)C(=O)c1cc(O[C@H]3O[C@H](C)[C@@H](O)[C@@H](O)[C@H]3O)c(Cc3cccc(C4(O)CCCC4)c3C=O)c(O)c1C2=O. The first-order valence-electron chi connectivity index (χ1n) is 18.6. The quantitative estimate of drug-likeness (QED) is 0.0510. The summed E-state index contributed by atoms with van der Waals surface area (Å²) in [7, 11) is 0. The monoisotopic (exact) mass is 778 g/mol. The molecule has 0 unspecified atom stereocenters. The van der Waals surface area contributed by atoms with Crippen LogP contribution in [0.5, 0.6) is 17.2 Å². The number of aldehydes is 1. The van der Waals surface area contributed by atoms with Gasteiger partial charge in [-0.05, 0) is 60.2 Å². The predicted octanol–water partition coefficient (Wildman–Crippen LogP) is 4.13. The first kappa shape index (κ1) is 39.7. The molecule has 296 valence electrons. The fourth-order valence-electron chi connectivity index (χ4n) is 8.09. The molecule has 6 N–H and O–H groups in total. The third kappa shape index (κ3) is 7.18. The number of phenolic OH excluding ortho intramolecular Hbond substituents is 1. The molecule has 3 aliphatic rings. The number of ketones is 2. The van der Waals surface area contributed by atoms with Crippen LogP contribution in [-0.4, -0.2) is 85.2 Å². The normalized spacial score (nSPS) is 22.6. The Morgan fingerprint density at radius 1 is 0.860 bits per heavy atom. The molecule has 7 rings (SSSR count). The van der Waals surface area contributed by atoms with Gasteiger partial charge in [0.25, 0.3) is 0 Å². The standard InChI is InChI=1S/C44H42O13/c1-22-37(48)41(52)42(53)43(55-22)57-33-19-29-36(38(49)28(33)17-25-11-8-12-31(30(25)21-46)44(54)15-6-7-16-44)40(51)34-26(20-45)18-32(56-23(2)47)27(35(34)39(29)50)14-13-24-9-4-3-5-10-24/h3-5,8-14,18-19,21-22,37,41-43,45,48-49,52-54H,6-7,15-17,20H2,1-2H3/t22-,37-,41-,42-,43-/m1/s1. The van der Waals surface area contributed by atoms with Gasteiger partial charge in [-0.25, -0.2) is 0 Å². The van der Waals surface area contributed by atoms with Crippen molar-refractivity contribution in [3.8, 4) is 17.2 Å². The van der Waals surface area contributed by atoms with Crippen LogP contribution < -0.4 is 9.47 Å². The Bertz CT molecular complexity index is 2290. The number of rotatable bonds is 10. The fraction of sp³-hybridized carbons (Fsp3) is 0.318. The van der Waals surface area contributed by atoms with E-state index in [9.17, 15) is 49.8 Å². The Morgan fingerprint density at radius 3 is 2.25 bits per heavy atom. The van der Waals surface area contributed by atoms with Crippen molar-refractivity contribution in [1.82, 2.24) is 0 Å². The molecular formula is C44H42O13. The van der Waals surface area contributed by atoms with Crippen molar-refractivity contribution in [2.24, 2.45) is 0 Å². The van der Waals surface area contributed by atoms with E-state index in [1.165, 1.54) is 25.1 Å². The van der Waals surface area contributed by atoms with E-state index < -0.39 is 71.8 Å². The van der Waals surface area contributed by atoms with Gasteiger partial charge in [0.05, 0.1) is 23.9 Å². The molecule has 1 heterocycles. The highest BCUT2D eigenvalue weighted by molar-refractivity contribution is 6.31. The van der Waals surface area contributed by atoms with Gasteiger partial charge in [0, 0.05) is 46.7 Å². The van der Waals surface area contributed by atoms with E-state index in [0.717, 1.165) is 19.8 Å². The van der Waals surface area contributed by atoms with Crippen LogP contribution in [0, 0.1) is 0 Å². The number of aliphatic hydroxyl groups is 5. The molecule has 5 atom stereocenters. The van der Waals surface area contributed by atoms with Gasteiger partial charge < -0.3 is 44.8 Å². The second kappa shape index (κ2) is 15.8. The molecule has 13 heteroatoms. The molecule has 1 saturated carbocycles. The predicted molar refractivity (Wildman–Crippen MR) is 204 cm³/mol. The molecule has 0 radical (unpaired) electrons. The molecular weight excluding hydrogens is 736 g/mol. The van der Waals surface area contributed by atoms with Gasteiger partial charge in [0.1, 0.15) is 35.6 Å². The molecule has 0 aromatic heterocycles. The highest BCUT2D eigenvalue weighted by Gasteiger charge is 2.45. The van der Waals surface area contributed by atoms with E-state index in [0.29, 0.717) is 35.8 Å². The number of esters is 1. The van der Waals surface area contributed by atoms with Crippen molar-refractivity contribution in [2.45, 2.75) is 88.9 Å². The molecule has 13 nitrogen and oxygen atoms in total. The number of phenols is 1. The average Bonchev–Trinajstić information content (AvgIpc) is 3.65. The van der Waals surface area contributed by atoms with Crippen LogP contribution in [0.15, 0.2) is 60.7 Å². The zero-order chi connectivity index (χ0) is 40.8. The number of ether oxygens (including phenoxy) is 3. The molecule has 2 fully saturated rings. The number of fused-ring (bicyclic) bond motifs is 2. The zero-order valence-electron chi connectivity index (χ0n) is 31.2. The second-order valence-corrected chi connectivity index (χ2v) is 14.7. The lowest BCUT2D eigenvalue weighted by molar-refractivity contribution is -0.268. The van der Waals surface area contributed by atoms with Crippen molar-refractivity contribution in [3.05, 3.63) is 122 Å². The Balaban J connectivity index is 1.44. The summed E-state index contributed by atoms with van der Waals surface area (Å²) >= 11 is 0. The van der Waals surface area contributed by atoms with Crippen LogP contribution >= 0.6 is 0 Å². The number of benzene rings is 4. The molecule has 4 aromatic carbocycles. The largest absolute Gasteiger partial charge is 0.507 e. The summed E-state index contributed by atoms with van der Waals surface area (Å²) in [6.07, 6.45) is -1.81. The lowest BCUT2D eigenvalue weighted by Crippen LogP contribution is -2.58. The van der Waals surface area contributed by atoms with Crippen molar-refractivity contribution in [1.29, 1.82) is 0 Å². The number of aliphatic hydroxyl groups excluding tert-OH is 4. The maximum absolute atomic E-state index is 14.8. The highest BCUT2D eigenvalue weighted by Crippen LogP contribution is 2.46. The van der Waals surface area contributed by atoms with Gasteiger partial charge in [-0.15, -0.1) is 0 Å². The van der Waals surface area contributed by atoms with Gasteiger partial charge in [0.15, 0.2) is 17.9 Å². The van der Waals surface area contributed by atoms with Gasteiger partial charge in [-0.1, -0.05) is 67.4 Å². The van der Waals surface area contributed by atoms with Gasteiger partial charge >= 0.3 is 5.97 Å². The van der Waals surface area contributed by atoms with Crippen molar-refractivity contribution in [3.63, 3.8) is 0 Å². The summed E-state index contributed by atoms with van der Waals surface area (Å²) in [6, 6.07) is 16.4. The van der Waals surface area contributed by atoms with Gasteiger partial charge in [-0.3, -0.25) is 19.2 Å². The van der Waals surface area contributed by atoms with Gasteiger partial charge in [0.2, 0.25) is 6.29 Å². The smallest absolute Gasteiger partial charge is 0.308 e. The molecule has 0 spiro atoms. The minimum absolute atomic E-state index is 0.0468. The minimum atomic E-state index is -1.81. The molecule has 0 amide bonds. The number of carbonyl (C=O) groups is 4. The summed E-state index contributed by atoms with van der Waals surface area (Å²) in [5, 5.41) is 66.0. The summed E-state index contributed by atoms with van der Waals surface area (Å²) in [4.78, 5) is 54.4. The number of carbonyl (C=O) groups excluding carboxylic acids is 4. The number of aromatic hydroxyl groups is 1. The first-order chi connectivity index (χ1) is 27.3. The van der Waals surface area contributed by atoms with E-state index in [4.69, 9.17) is 14.2 Å². The van der Waals surface area contributed by atoms with E-state index in [1.54, 1.807) is 48.5 Å². The van der Waals surface area contributed by atoms with Crippen LogP contribution in [0.1, 0.15) is 115 Å². The van der Waals surface area contributed by atoms with Crippen LogP contribution in [0.2, 0.25) is 0 Å². The van der Waals surface area contributed by atoms with Gasteiger partial charge in [-0.2, -0.15) is 0 Å². The second-order valence-electron chi connectivity index (χ2n) is 14.7. The zero-order valence-corrected chi connectivity index (χ0v) is 31.2. The number of hydrogen-bond donors (Lipinski definition) is 6. The topological polar surface area (TPSA) is 217 Å². The molecule has 0 bridgehead atoms.